The summed E-state index contributed by atoms with van der Waals surface area (Å²) in [5.41, 5.74) is 0. The van der Waals surface area contributed by atoms with Crippen molar-refractivity contribution in [3.8, 4) is 0 Å². The molecule has 30 heavy (non-hydrogen) atoms. The SMILES string of the molecule is CCCCCCCCCCCCCCCC[N+](C)(C)C.CCCCO.CCO.O.[Cl-]. The molecule has 0 atom stereocenters. The van der Waals surface area contributed by atoms with Gasteiger partial charge in [0.1, 0.15) is 0 Å². The Kier molecular flexibility index (Phi) is 49.3. The molecule has 0 bridgehead atoms. The van der Waals surface area contributed by atoms with Crippen molar-refractivity contribution in [3.63, 3.8) is 0 Å². The molecular weight excluding hydrogens is 398 g/mol. The Morgan fingerprint density at radius 3 is 0.967 bits per heavy atom. The molecule has 0 aliphatic carbocycles. The zero-order chi connectivity index (χ0) is 21.9. The van der Waals surface area contributed by atoms with Crippen LogP contribution in [-0.2, 0) is 0 Å². The largest absolute Gasteiger partial charge is 1.00 e. The fourth-order valence-corrected chi connectivity index (χ4v) is 2.94. The number of rotatable bonds is 17. The highest BCUT2D eigenvalue weighted by Gasteiger charge is 2.04. The molecule has 5 heteroatoms. The van der Waals surface area contributed by atoms with Crippen LogP contribution in [0.5, 0.6) is 0 Å². The van der Waals surface area contributed by atoms with Gasteiger partial charge in [-0.3, -0.25) is 0 Å². The van der Waals surface area contributed by atoms with Crippen LogP contribution in [0.15, 0.2) is 0 Å². The molecule has 0 saturated carbocycles. The first-order valence-electron chi connectivity index (χ1n) is 12.4. The first kappa shape index (κ1) is 40.5. The molecule has 0 aromatic carbocycles. The van der Waals surface area contributed by atoms with Gasteiger partial charge in [-0.05, 0) is 26.2 Å². The van der Waals surface area contributed by atoms with Gasteiger partial charge >= 0.3 is 0 Å². The number of halogens is 1. The molecule has 0 aromatic heterocycles. The second-order valence-electron chi connectivity index (χ2n) is 9.00. The zero-order valence-corrected chi connectivity index (χ0v) is 22.4. The van der Waals surface area contributed by atoms with E-state index in [4.69, 9.17) is 10.2 Å². The Morgan fingerprint density at radius 1 is 0.500 bits per heavy atom. The van der Waals surface area contributed by atoms with Crippen LogP contribution in [0.1, 0.15) is 124 Å². The highest BCUT2D eigenvalue weighted by atomic mass is 35.5. The van der Waals surface area contributed by atoms with E-state index >= 15 is 0 Å². The summed E-state index contributed by atoms with van der Waals surface area (Å²) < 4.78 is 1.12. The molecule has 4 nitrogen and oxygen atoms in total. The maximum atomic E-state index is 8.07. The lowest BCUT2D eigenvalue weighted by Crippen LogP contribution is -3.00. The third-order valence-electron chi connectivity index (χ3n) is 4.69. The van der Waals surface area contributed by atoms with Gasteiger partial charge in [0.2, 0.25) is 0 Å². The van der Waals surface area contributed by atoms with Gasteiger partial charge in [-0.2, -0.15) is 0 Å². The average molecular weight is 458 g/mol. The van der Waals surface area contributed by atoms with Crippen molar-refractivity contribution in [1.82, 2.24) is 0 Å². The van der Waals surface area contributed by atoms with Crippen LogP contribution in [0.3, 0.4) is 0 Å². The molecule has 190 valence electrons. The first-order chi connectivity index (χ1) is 13.4. The molecule has 0 heterocycles. The maximum Gasteiger partial charge on any atom is 0.0780 e. The van der Waals surface area contributed by atoms with Gasteiger partial charge in [0, 0.05) is 13.2 Å². The van der Waals surface area contributed by atoms with Crippen LogP contribution in [0, 0.1) is 0 Å². The van der Waals surface area contributed by atoms with Crippen molar-refractivity contribution in [2.45, 2.75) is 124 Å². The minimum absolute atomic E-state index is 0. The molecule has 0 unspecified atom stereocenters. The normalized spacial score (nSPS) is 10.0. The summed E-state index contributed by atoms with van der Waals surface area (Å²) in [6.45, 7) is 7.95. The molecule has 0 amide bonds. The van der Waals surface area contributed by atoms with Crippen molar-refractivity contribution in [2.75, 3.05) is 40.9 Å². The zero-order valence-electron chi connectivity index (χ0n) is 21.7. The van der Waals surface area contributed by atoms with E-state index in [0.717, 1.165) is 17.3 Å². The summed E-state index contributed by atoms with van der Waals surface area (Å²) in [5.74, 6) is 0. The Bertz CT molecular complexity index is 247. The lowest BCUT2D eigenvalue weighted by molar-refractivity contribution is -0.870. The van der Waals surface area contributed by atoms with Crippen LogP contribution in [0.2, 0.25) is 0 Å². The van der Waals surface area contributed by atoms with E-state index in [9.17, 15) is 0 Å². The molecule has 0 aliphatic heterocycles. The molecule has 0 rings (SSSR count). The summed E-state index contributed by atoms with van der Waals surface area (Å²) in [7, 11) is 6.88. The van der Waals surface area contributed by atoms with E-state index in [2.05, 4.69) is 35.0 Å². The van der Waals surface area contributed by atoms with Crippen molar-refractivity contribution in [1.29, 1.82) is 0 Å². The number of hydrogen-bond acceptors (Lipinski definition) is 2. The van der Waals surface area contributed by atoms with Crippen LogP contribution < -0.4 is 12.4 Å². The van der Waals surface area contributed by atoms with E-state index in [-0.39, 0.29) is 24.5 Å². The minimum atomic E-state index is 0. The monoisotopic (exact) mass is 457 g/mol. The average Bonchev–Trinajstić information content (AvgIpc) is 2.63. The Hall–Kier alpha value is 0.130. The van der Waals surface area contributed by atoms with Crippen molar-refractivity contribution in [2.24, 2.45) is 0 Å². The molecular formula is C25H60ClNO3. The third-order valence-corrected chi connectivity index (χ3v) is 4.69. The third kappa shape index (κ3) is 56.6. The second-order valence-corrected chi connectivity index (χ2v) is 9.00. The van der Waals surface area contributed by atoms with Gasteiger partial charge in [0.25, 0.3) is 0 Å². The number of hydrogen-bond donors (Lipinski definition) is 2. The van der Waals surface area contributed by atoms with E-state index in [1.165, 1.54) is 96.4 Å². The van der Waals surface area contributed by atoms with Crippen LogP contribution in [0.4, 0.5) is 0 Å². The number of unbranched alkanes of at least 4 members (excludes halogenated alkanes) is 14. The van der Waals surface area contributed by atoms with Gasteiger partial charge in [-0.15, -0.1) is 0 Å². The van der Waals surface area contributed by atoms with Crippen LogP contribution >= 0.6 is 0 Å². The highest BCUT2D eigenvalue weighted by molar-refractivity contribution is 4.49. The van der Waals surface area contributed by atoms with Gasteiger partial charge in [-0.1, -0.05) is 97.3 Å². The smallest absolute Gasteiger partial charge is 0.0780 e. The van der Waals surface area contributed by atoms with Gasteiger partial charge in [0.05, 0.1) is 27.7 Å². The van der Waals surface area contributed by atoms with Crippen LogP contribution in [-0.4, -0.2) is 61.1 Å². The summed E-state index contributed by atoms with van der Waals surface area (Å²) >= 11 is 0. The lowest BCUT2D eigenvalue weighted by atomic mass is 10.0. The molecule has 4 N–H and O–H groups in total. The highest BCUT2D eigenvalue weighted by Crippen LogP contribution is 2.13. The molecule has 0 fully saturated rings. The minimum Gasteiger partial charge on any atom is -1.00 e. The summed E-state index contributed by atoms with van der Waals surface area (Å²) in [5, 5.41) is 15.6. The maximum absolute atomic E-state index is 8.07. The van der Waals surface area contributed by atoms with Crippen molar-refractivity contribution in [3.05, 3.63) is 0 Å². The van der Waals surface area contributed by atoms with Gasteiger partial charge in [-0.25, -0.2) is 0 Å². The Balaban J connectivity index is -0.000000178. The lowest BCUT2D eigenvalue weighted by Gasteiger charge is -2.23. The molecule has 0 radical (unpaired) electrons. The van der Waals surface area contributed by atoms with E-state index in [1.807, 2.05) is 0 Å². The number of quaternary nitrogens is 1. The predicted octanol–water partition coefficient (Wildman–Crippen LogP) is 3.13. The number of aliphatic hydroxyl groups excluding tert-OH is 2. The van der Waals surface area contributed by atoms with E-state index < -0.39 is 0 Å². The second kappa shape index (κ2) is 36.5. The molecule has 0 aliphatic rings. The number of aliphatic hydroxyl groups is 2. The molecule has 0 aromatic rings. The quantitative estimate of drug-likeness (QED) is 0.260. The molecule has 0 saturated heterocycles. The fourth-order valence-electron chi connectivity index (χ4n) is 2.94. The molecule has 0 spiro atoms. The predicted molar refractivity (Wildman–Crippen MR) is 132 cm³/mol. The fraction of sp³-hybridized carbons (Fsp3) is 1.00. The van der Waals surface area contributed by atoms with E-state index in [0.29, 0.717) is 6.61 Å². The first-order valence-corrected chi connectivity index (χ1v) is 12.4. The van der Waals surface area contributed by atoms with Crippen LogP contribution in [0.25, 0.3) is 0 Å². The van der Waals surface area contributed by atoms with Gasteiger partial charge < -0.3 is 32.6 Å². The summed E-state index contributed by atoms with van der Waals surface area (Å²) in [4.78, 5) is 0. The van der Waals surface area contributed by atoms with Crippen molar-refractivity contribution >= 4 is 0 Å². The number of nitrogens with zero attached hydrogens (tertiary/aromatic N) is 1. The standard InChI is InChI=1S/C19H42N.C4H10O.C2H6O.ClH.H2O/c1-5-6-7-8-9-10-11-12-13-14-15-16-17-18-19-20(2,3)4;1-2-3-4-5;1-2-3;;/h5-19H2,1-4H3;5H,2-4H2,1H3;3H,2H2,1H3;1H;1H2/q+1;;;;/p-1. The van der Waals surface area contributed by atoms with Crippen molar-refractivity contribution < 1.29 is 32.6 Å². The van der Waals surface area contributed by atoms with Gasteiger partial charge in [0.15, 0.2) is 0 Å². The summed E-state index contributed by atoms with van der Waals surface area (Å²) in [6.07, 6.45) is 22.4. The topological polar surface area (TPSA) is 72.0 Å². The summed E-state index contributed by atoms with van der Waals surface area (Å²) in [6, 6.07) is 0. The Labute approximate surface area is 197 Å². The van der Waals surface area contributed by atoms with E-state index in [1.54, 1.807) is 6.92 Å². The Morgan fingerprint density at radius 2 is 0.767 bits per heavy atom.